The average Bonchev–Trinajstić information content (AvgIpc) is 3.23. The summed E-state index contributed by atoms with van der Waals surface area (Å²) in [4.78, 5) is 19.3. The van der Waals surface area contributed by atoms with Gasteiger partial charge in [0, 0.05) is 30.1 Å². The van der Waals surface area contributed by atoms with Gasteiger partial charge in [-0.15, -0.1) is 0 Å². The van der Waals surface area contributed by atoms with Gasteiger partial charge in [-0.3, -0.25) is 9.78 Å². The number of likely N-dealkylation sites (tertiary alicyclic amines) is 1. The Morgan fingerprint density at radius 1 is 1.14 bits per heavy atom. The lowest BCUT2D eigenvalue weighted by atomic mass is 10.0. The van der Waals surface area contributed by atoms with Crippen LogP contribution in [-0.4, -0.2) is 22.3 Å². The van der Waals surface area contributed by atoms with E-state index < -0.39 is 0 Å². The highest BCUT2D eigenvalue weighted by Crippen LogP contribution is 2.33. The van der Waals surface area contributed by atoms with Crippen LogP contribution in [0.5, 0.6) is 5.75 Å². The molecule has 1 aliphatic rings. The fourth-order valence-electron chi connectivity index (χ4n) is 3.68. The zero-order valence-corrected chi connectivity index (χ0v) is 16.0. The van der Waals surface area contributed by atoms with Gasteiger partial charge in [-0.1, -0.05) is 42.0 Å². The van der Waals surface area contributed by atoms with Crippen molar-refractivity contribution in [3.63, 3.8) is 0 Å². The van der Waals surface area contributed by atoms with Crippen molar-refractivity contribution in [3.05, 3.63) is 95.3 Å². The van der Waals surface area contributed by atoms with Crippen LogP contribution in [0.3, 0.4) is 0 Å². The van der Waals surface area contributed by atoms with Crippen LogP contribution in [0, 0.1) is 6.92 Å². The molecule has 0 saturated carbocycles. The van der Waals surface area contributed by atoms with Crippen molar-refractivity contribution in [2.24, 2.45) is 0 Å². The van der Waals surface area contributed by atoms with E-state index in [9.17, 15) is 4.79 Å². The van der Waals surface area contributed by atoms with Crippen molar-refractivity contribution in [2.45, 2.75) is 32.4 Å². The van der Waals surface area contributed by atoms with Crippen molar-refractivity contribution in [1.29, 1.82) is 0 Å². The molecule has 1 amide bonds. The summed E-state index contributed by atoms with van der Waals surface area (Å²) in [5.41, 5.74) is 4.11. The zero-order chi connectivity index (χ0) is 19.3. The van der Waals surface area contributed by atoms with Gasteiger partial charge in [0.2, 0.25) is 0 Å². The summed E-state index contributed by atoms with van der Waals surface area (Å²) in [5.74, 6) is 0.760. The first-order valence-corrected chi connectivity index (χ1v) is 9.70. The minimum atomic E-state index is 0.0647. The Balaban J connectivity index is 1.48. The summed E-state index contributed by atoms with van der Waals surface area (Å²) in [6.07, 6.45) is 5.56. The van der Waals surface area contributed by atoms with Gasteiger partial charge in [-0.05, 0) is 49.6 Å². The minimum Gasteiger partial charge on any atom is -0.489 e. The third-order valence-electron chi connectivity index (χ3n) is 5.19. The van der Waals surface area contributed by atoms with E-state index in [1.54, 1.807) is 12.4 Å². The Bertz CT molecular complexity index is 938. The Hall–Kier alpha value is -3.14. The zero-order valence-electron chi connectivity index (χ0n) is 16.0. The molecule has 1 unspecified atom stereocenters. The summed E-state index contributed by atoms with van der Waals surface area (Å²) in [6.45, 7) is 3.30. The number of aromatic nitrogens is 1. The molecule has 142 valence electrons. The maximum Gasteiger partial charge on any atom is 0.254 e. The van der Waals surface area contributed by atoms with E-state index in [0.29, 0.717) is 17.9 Å². The number of amides is 1. The lowest BCUT2D eigenvalue weighted by Crippen LogP contribution is -2.30. The van der Waals surface area contributed by atoms with Crippen LogP contribution >= 0.6 is 0 Å². The molecule has 2 aromatic carbocycles. The number of nitrogens with zero attached hydrogens (tertiary/aromatic N) is 2. The van der Waals surface area contributed by atoms with E-state index in [-0.39, 0.29) is 11.9 Å². The van der Waals surface area contributed by atoms with Crippen LogP contribution in [0.25, 0.3) is 0 Å². The van der Waals surface area contributed by atoms with E-state index in [4.69, 9.17) is 4.74 Å². The molecule has 0 spiro atoms. The summed E-state index contributed by atoms with van der Waals surface area (Å²) in [7, 11) is 0. The molecule has 4 rings (SSSR count). The normalized spacial score (nSPS) is 16.2. The van der Waals surface area contributed by atoms with Crippen LogP contribution in [0.2, 0.25) is 0 Å². The third-order valence-corrected chi connectivity index (χ3v) is 5.19. The Kier molecular flexibility index (Phi) is 5.38. The molecule has 4 nitrogen and oxygen atoms in total. The molecular weight excluding hydrogens is 348 g/mol. The quantitative estimate of drug-likeness (QED) is 0.637. The number of carbonyl (C=O) groups excluding carboxylic acids is 1. The minimum absolute atomic E-state index is 0.0647. The molecule has 1 saturated heterocycles. The number of pyridine rings is 1. The highest BCUT2D eigenvalue weighted by molar-refractivity contribution is 5.95. The molecule has 1 aromatic heterocycles. The molecule has 28 heavy (non-hydrogen) atoms. The predicted molar refractivity (Wildman–Crippen MR) is 109 cm³/mol. The van der Waals surface area contributed by atoms with Crippen molar-refractivity contribution in [3.8, 4) is 5.75 Å². The number of rotatable bonds is 5. The van der Waals surface area contributed by atoms with Crippen molar-refractivity contribution in [2.75, 3.05) is 6.54 Å². The van der Waals surface area contributed by atoms with Gasteiger partial charge < -0.3 is 9.64 Å². The van der Waals surface area contributed by atoms with Gasteiger partial charge in [-0.2, -0.15) is 0 Å². The van der Waals surface area contributed by atoms with Crippen LogP contribution in [-0.2, 0) is 6.61 Å². The van der Waals surface area contributed by atoms with Crippen LogP contribution in [0.1, 0.15) is 45.9 Å². The highest BCUT2D eigenvalue weighted by atomic mass is 16.5. The Morgan fingerprint density at radius 3 is 2.79 bits per heavy atom. The SMILES string of the molecule is Cc1ccc(C2CCCN2C(=O)c2cccc(OCc3cccnc3)c2)cc1. The first-order valence-electron chi connectivity index (χ1n) is 9.70. The van der Waals surface area contributed by atoms with Crippen LogP contribution in [0.4, 0.5) is 0 Å². The Labute approximate surface area is 165 Å². The molecule has 1 fully saturated rings. The molecule has 2 heterocycles. The van der Waals surface area contributed by atoms with Crippen LogP contribution in [0.15, 0.2) is 73.1 Å². The van der Waals surface area contributed by atoms with E-state index in [0.717, 1.165) is 24.9 Å². The fraction of sp³-hybridized carbons (Fsp3) is 0.250. The van der Waals surface area contributed by atoms with Gasteiger partial charge in [-0.25, -0.2) is 0 Å². The van der Waals surface area contributed by atoms with Gasteiger partial charge >= 0.3 is 0 Å². The maximum atomic E-state index is 13.2. The molecule has 4 heteroatoms. The van der Waals surface area contributed by atoms with Crippen molar-refractivity contribution < 1.29 is 9.53 Å². The van der Waals surface area contributed by atoms with Gasteiger partial charge in [0.05, 0.1) is 6.04 Å². The van der Waals surface area contributed by atoms with Crippen molar-refractivity contribution >= 4 is 5.91 Å². The topological polar surface area (TPSA) is 42.4 Å². The summed E-state index contributed by atoms with van der Waals surface area (Å²) in [5, 5.41) is 0. The predicted octanol–water partition coefficient (Wildman–Crippen LogP) is 4.95. The number of carbonyl (C=O) groups is 1. The monoisotopic (exact) mass is 372 g/mol. The fourth-order valence-corrected chi connectivity index (χ4v) is 3.68. The molecule has 3 aromatic rings. The van der Waals surface area contributed by atoms with Gasteiger partial charge in [0.25, 0.3) is 5.91 Å². The molecular formula is C24H24N2O2. The number of hydrogen-bond donors (Lipinski definition) is 0. The van der Waals surface area contributed by atoms with E-state index in [1.807, 2.05) is 41.3 Å². The molecule has 0 aliphatic carbocycles. The first-order chi connectivity index (χ1) is 13.7. The summed E-state index contributed by atoms with van der Waals surface area (Å²) in [6, 6.07) is 20.0. The van der Waals surface area contributed by atoms with Gasteiger partial charge in [0.15, 0.2) is 0 Å². The summed E-state index contributed by atoms with van der Waals surface area (Å²) >= 11 is 0. The average molecular weight is 372 g/mol. The lowest BCUT2D eigenvalue weighted by Gasteiger charge is -2.25. The van der Waals surface area contributed by atoms with E-state index in [2.05, 4.69) is 36.2 Å². The standard InChI is InChI=1S/C24H24N2O2/c1-18-9-11-20(12-10-18)23-8-4-14-26(23)24(27)21-6-2-7-22(15-21)28-17-19-5-3-13-25-16-19/h2-3,5-7,9-13,15-16,23H,4,8,14,17H2,1H3. The molecule has 1 atom stereocenters. The number of benzene rings is 2. The lowest BCUT2D eigenvalue weighted by molar-refractivity contribution is 0.0735. The Morgan fingerprint density at radius 2 is 2.00 bits per heavy atom. The molecule has 0 bridgehead atoms. The summed E-state index contributed by atoms with van der Waals surface area (Å²) < 4.78 is 5.86. The molecule has 1 aliphatic heterocycles. The number of ether oxygens (including phenoxy) is 1. The smallest absolute Gasteiger partial charge is 0.254 e. The van der Waals surface area contributed by atoms with Gasteiger partial charge in [0.1, 0.15) is 12.4 Å². The number of hydrogen-bond acceptors (Lipinski definition) is 3. The molecule has 0 N–H and O–H groups in total. The highest BCUT2D eigenvalue weighted by Gasteiger charge is 2.30. The largest absolute Gasteiger partial charge is 0.489 e. The van der Waals surface area contributed by atoms with Crippen molar-refractivity contribution in [1.82, 2.24) is 9.88 Å². The second-order valence-electron chi connectivity index (χ2n) is 7.25. The van der Waals surface area contributed by atoms with E-state index >= 15 is 0 Å². The second-order valence-corrected chi connectivity index (χ2v) is 7.25. The first kappa shape index (κ1) is 18.2. The van der Waals surface area contributed by atoms with E-state index in [1.165, 1.54) is 11.1 Å². The third kappa shape index (κ3) is 4.06. The number of aryl methyl sites for hydroxylation is 1. The van der Waals surface area contributed by atoms with Crippen LogP contribution < -0.4 is 4.74 Å². The second kappa shape index (κ2) is 8.26. The maximum absolute atomic E-state index is 13.2. The molecule has 0 radical (unpaired) electrons.